The second kappa shape index (κ2) is 6.32. The summed E-state index contributed by atoms with van der Waals surface area (Å²) in [6.45, 7) is 1.25. The number of halogens is 2. The van der Waals surface area contributed by atoms with Crippen molar-refractivity contribution >= 4 is 23.2 Å². The Labute approximate surface area is 116 Å². The van der Waals surface area contributed by atoms with Crippen molar-refractivity contribution in [1.82, 2.24) is 0 Å². The lowest BCUT2D eigenvalue weighted by atomic mass is 9.92. The molecular weight excluding hydrogens is 271 g/mol. The SMILES string of the molecule is NC(C(=O)Nc1ccc(Cl)c(F)c1)C1CCOCC1. The van der Waals surface area contributed by atoms with E-state index < -0.39 is 11.9 Å². The number of nitrogens with two attached hydrogens (primary N) is 1. The van der Waals surface area contributed by atoms with Crippen molar-refractivity contribution in [2.45, 2.75) is 18.9 Å². The number of hydrogen-bond donors (Lipinski definition) is 2. The summed E-state index contributed by atoms with van der Waals surface area (Å²) >= 11 is 5.58. The summed E-state index contributed by atoms with van der Waals surface area (Å²) in [7, 11) is 0. The monoisotopic (exact) mass is 286 g/mol. The van der Waals surface area contributed by atoms with Gasteiger partial charge in [-0.05, 0) is 37.0 Å². The van der Waals surface area contributed by atoms with Crippen LogP contribution >= 0.6 is 11.6 Å². The van der Waals surface area contributed by atoms with Gasteiger partial charge in [-0.1, -0.05) is 11.6 Å². The average Bonchev–Trinajstić information content (AvgIpc) is 2.43. The van der Waals surface area contributed by atoms with Gasteiger partial charge >= 0.3 is 0 Å². The summed E-state index contributed by atoms with van der Waals surface area (Å²) < 4.78 is 18.5. The second-order valence-corrected chi connectivity index (χ2v) is 5.00. The molecule has 0 saturated carbocycles. The number of carbonyl (C=O) groups excluding carboxylic acids is 1. The largest absolute Gasteiger partial charge is 0.381 e. The van der Waals surface area contributed by atoms with Gasteiger partial charge in [0.1, 0.15) is 5.82 Å². The molecule has 0 bridgehead atoms. The third-order valence-corrected chi connectivity index (χ3v) is 3.57. The molecule has 4 nitrogen and oxygen atoms in total. The zero-order chi connectivity index (χ0) is 13.8. The number of rotatable bonds is 3. The van der Waals surface area contributed by atoms with Crippen molar-refractivity contribution in [2.75, 3.05) is 18.5 Å². The summed E-state index contributed by atoms with van der Waals surface area (Å²) in [5.74, 6) is -0.779. The van der Waals surface area contributed by atoms with E-state index in [1.807, 2.05) is 0 Å². The van der Waals surface area contributed by atoms with Gasteiger partial charge in [-0.3, -0.25) is 4.79 Å². The minimum absolute atomic E-state index is 0.0201. The molecule has 1 fully saturated rings. The van der Waals surface area contributed by atoms with Crippen molar-refractivity contribution in [3.8, 4) is 0 Å². The van der Waals surface area contributed by atoms with E-state index in [1.165, 1.54) is 12.1 Å². The van der Waals surface area contributed by atoms with Crippen LogP contribution in [0.1, 0.15) is 12.8 Å². The van der Waals surface area contributed by atoms with Gasteiger partial charge in [0, 0.05) is 18.9 Å². The fraction of sp³-hybridized carbons (Fsp3) is 0.462. The summed E-state index contributed by atoms with van der Waals surface area (Å²) in [6, 6.07) is 3.51. The van der Waals surface area contributed by atoms with Crippen molar-refractivity contribution in [1.29, 1.82) is 0 Å². The molecule has 19 heavy (non-hydrogen) atoms. The predicted octanol–water partition coefficient (Wildman–Crippen LogP) is 2.17. The Hall–Kier alpha value is -1.17. The third kappa shape index (κ3) is 3.65. The maximum atomic E-state index is 13.3. The number of carbonyl (C=O) groups is 1. The molecule has 0 aliphatic carbocycles. The highest BCUT2D eigenvalue weighted by atomic mass is 35.5. The van der Waals surface area contributed by atoms with Crippen LogP contribution in [-0.2, 0) is 9.53 Å². The van der Waals surface area contributed by atoms with Crippen LogP contribution < -0.4 is 11.1 Å². The molecule has 1 unspecified atom stereocenters. The molecule has 0 spiro atoms. The lowest BCUT2D eigenvalue weighted by Gasteiger charge is -2.26. The molecule has 0 radical (unpaired) electrons. The highest BCUT2D eigenvalue weighted by Gasteiger charge is 2.26. The molecule has 1 aromatic carbocycles. The fourth-order valence-corrected chi connectivity index (χ4v) is 2.21. The molecule has 1 heterocycles. The Balaban J connectivity index is 1.97. The third-order valence-electron chi connectivity index (χ3n) is 3.26. The fourth-order valence-electron chi connectivity index (χ4n) is 2.09. The van der Waals surface area contributed by atoms with Crippen LogP contribution in [0.2, 0.25) is 5.02 Å². The van der Waals surface area contributed by atoms with E-state index in [0.717, 1.165) is 12.8 Å². The summed E-state index contributed by atoms with van der Waals surface area (Å²) in [5.41, 5.74) is 6.28. The van der Waals surface area contributed by atoms with Gasteiger partial charge in [0.25, 0.3) is 0 Å². The van der Waals surface area contributed by atoms with Gasteiger partial charge in [-0.25, -0.2) is 4.39 Å². The van der Waals surface area contributed by atoms with E-state index in [4.69, 9.17) is 22.1 Å². The molecule has 6 heteroatoms. The smallest absolute Gasteiger partial charge is 0.241 e. The minimum atomic E-state index is -0.609. The Bertz CT molecular complexity index is 464. The molecule has 2 rings (SSSR count). The van der Waals surface area contributed by atoms with Crippen LogP contribution in [0.15, 0.2) is 18.2 Å². The van der Waals surface area contributed by atoms with Gasteiger partial charge < -0.3 is 15.8 Å². The summed E-state index contributed by atoms with van der Waals surface area (Å²) in [6.07, 6.45) is 1.53. The highest BCUT2D eigenvalue weighted by Crippen LogP contribution is 2.21. The van der Waals surface area contributed by atoms with Crippen LogP contribution in [0.25, 0.3) is 0 Å². The number of anilines is 1. The van der Waals surface area contributed by atoms with Gasteiger partial charge in [-0.2, -0.15) is 0 Å². The Morgan fingerprint density at radius 1 is 1.47 bits per heavy atom. The van der Waals surface area contributed by atoms with Crippen LogP contribution in [0.5, 0.6) is 0 Å². The Morgan fingerprint density at radius 2 is 2.16 bits per heavy atom. The molecule has 1 amide bonds. The zero-order valence-electron chi connectivity index (χ0n) is 10.4. The molecule has 104 valence electrons. The Kier molecular flexibility index (Phi) is 4.74. The highest BCUT2D eigenvalue weighted by molar-refractivity contribution is 6.30. The topological polar surface area (TPSA) is 64.4 Å². The molecule has 1 aliphatic heterocycles. The molecule has 1 aliphatic rings. The summed E-state index contributed by atoms with van der Waals surface area (Å²) in [4.78, 5) is 12.0. The molecule has 1 atom stereocenters. The van der Waals surface area contributed by atoms with Crippen LogP contribution in [-0.4, -0.2) is 25.2 Å². The van der Waals surface area contributed by atoms with E-state index in [1.54, 1.807) is 6.07 Å². The van der Waals surface area contributed by atoms with Gasteiger partial charge in [0.05, 0.1) is 11.1 Å². The number of hydrogen-bond acceptors (Lipinski definition) is 3. The van der Waals surface area contributed by atoms with E-state index in [9.17, 15) is 9.18 Å². The number of benzene rings is 1. The molecule has 0 aromatic heterocycles. The first-order valence-electron chi connectivity index (χ1n) is 6.17. The van der Waals surface area contributed by atoms with E-state index in [2.05, 4.69) is 5.32 Å². The van der Waals surface area contributed by atoms with Crippen LogP contribution in [0, 0.1) is 11.7 Å². The first-order chi connectivity index (χ1) is 9.08. The van der Waals surface area contributed by atoms with Gasteiger partial charge in [0.2, 0.25) is 5.91 Å². The standard InChI is InChI=1S/C13H16ClFN2O2/c14-10-2-1-9(7-11(10)15)17-13(18)12(16)8-3-5-19-6-4-8/h1-2,7-8,12H,3-6,16H2,(H,17,18). The lowest BCUT2D eigenvalue weighted by Crippen LogP contribution is -2.44. The second-order valence-electron chi connectivity index (χ2n) is 4.59. The number of amides is 1. The van der Waals surface area contributed by atoms with Crippen LogP contribution in [0.4, 0.5) is 10.1 Å². The lowest BCUT2D eigenvalue weighted by molar-refractivity contribution is -0.119. The normalized spacial score (nSPS) is 18.1. The van der Waals surface area contributed by atoms with Crippen molar-refractivity contribution in [2.24, 2.45) is 11.7 Å². The number of nitrogens with one attached hydrogen (secondary N) is 1. The summed E-state index contributed by atoms with van der Waals surface area (Å²) in [5, 5.41) is 2.62. The molecular formula is C13H16ClFN2O2. The molecule has 1 aromatic rings. The molecule has 1 saturated heterocycles. The van der Waals surface area contributed by atoms with Crippen molar-refractivity contribution in [3.05, 3.63) is 29.0 Å². The van der Waals surface area contributed by atoms with Gasteiger partial charge in [0.15, 0.2) is 0 Å². The van der Waals surface area contributed by atoms with E-state index >= 15 is 0 Å². The number of ether oxygens (including phenoxy) is 1. The maximum absolute atomic E-state index is 13.3. The average molecular weight is 287 g/mol. The zero-order valence-corrected chi connectivity index (χ0v) is 11.1. The van der Waals surface area contributed by atoms with Crippen molar-refractivity contribution < 1.29 is 13.9 Å². The maximum Gasteiger partial charge on any atom is 0.241 e. The first kappa shape index (κ1) is 14.2. The predicted molar refractivity (Wildman–Crippen MR) is 71.6 cm³/mol. The molecule has 3 N–H and O–H groups in total. The quantitative estimate of drug-likeness (QED) is 0.895. The first-order valence-corrected chi connectivity index (χ1v) is 6.55. The van der Waals surface area contributed by atoms with Crippen molar-refractivity contribution in [3.63, 3.8) is 0 Å². The minimum Gasteiger partial charge on any atom is -0.381 e. The van der Waals surface area contributed by atoms with E-state index in [-0.39, 0.29) is 16.8 Å². The van der Waals surface area contributed by atoms with Gasteiger partial charge in [-0.15, -0.1) is 0 Å². The van der Waals surface area contributed by atoms with E-state index in [0.29, 0.717) is 18.9 Å². The van der Waals surface area contributed by atoms with Crippen LogP contribution in [0.3, 0.4) is 0 Å². The Morgan fingerprint density at radius 3 is 2.79 bits per heavy atom.